The molecular weight excluding hydrogens is 206 g/mol. The first-order valence-corrected chi connectivity index (χ1v) is 5.94. The summed E-state index contributed by atoms with van der Waals surface area (Å²) in [5.74, 6) is 0.923. The van der Waals surface area contributed by atoms with Gasteiger partial charge in [-0.05, 0) is 24.5 Å². The van der Waals surface area contributed by atoms with Crippen LogP contribution in [0, 0.1) is 0 Å². The number of rotatable bonds is 3. The molecule has 2 aromatic rings. The Hall–Kier alpha value is -1.35. The Morgan fingerprint density at radius 1 is 1.13 bits per heavy atom. The number of hydrogen-bond donors (Lipinski definition) is 0. The molecule has 0 spiro atoms. The van der Waals surface area contributed by atoms with E-state index >= 15 is 0 Å². The maximum absolute atomic E-state index is 5.30. The van der Waals surface area contributed by atoms with Gasteiger partial charge in [0.2, 0.25) is 0 Å². The van der Waals surface area contributed by atoms with Gasteiger partial charge in [0.25, 0.3) is 0 Å². The number of para-hydroxylation sites is 1. The van der Waals surface area contributed by atoms with Crippen LogP contribution in [0.1, 0.15) is 0 Å². The van der Waals surface area contributed by atoms with E-state index in [2.05, 4.69) is 23.0 Å². The number of benzene rings is 1. The van der Waals surface area contributed by atoms with E-state index in [9.17, 15) is 0 Å². The van der Waals surface area contributed by atoms with Crippen LogP contribution in [0.5, 0.6) is 5.75 Å². The molecule has 0 aliphatic carbocycles. The highest BCUT2D eigenvalue weighted by molar-refractivity contribution is 7.98. The highest BCUT2D eigenvalue weighted by Gasteiger charge is 2.08. The average Bonchev–Trinajstić information content (AvgIpc) is 2.72. The zero-order chi connectivity index (χ0) is 10.7. The summed E-state index contributed by atoms with van der Waals surface area (Å²) < 4.78 is 7.43. The van der Waals surface area contributed by atoms with Gasteiger partial charge < -0.3 is 9.30 Å². The molecule has 1 aromatic carbocycles. The molecule has 78 valence electrons. The Labute approximate surface area is 93.9 Å². The van der Waals surface area contributed by atoms with Crippen molar-refractivity contribution in [3.05, 3.63) is 42.6 Å². The summed E-state index contributed by atoms with van der Waals surface area (Å²) in [6.45, 7) is 0. The average molecular weight is 219 g/mol. The van der Waals surface area contributed by atoms with Crippen LogP contribution in [-0.4, -0.2) is 17.9 Å². The lowest BCUT2D eigenvalue weighted by Crippen LogP contribution is -1.94. The molecular formula is C12H13NOS. The Morgan fingerprint density at radius 3 is 2.47 bits per heavy atom. The molecule has 2 nitrogen and oxygen atoms in total. The topological polar surface area (TPSA) is 14.2 Å². The van der Waals surface area contributed by atoms with Crippen molar-refractivity contribution < 1.29 is 4.74 Å². The predicted molar refractivity (Wildman–Crippen MR) is 64.1 cm³/mol. The number of nitrogens with zero attached hydrogens (tertiary/aromatic N) is 1. The normalized spacial score (nSPS) is 10.3. The van der Waals surface area contributed by atoms with Gasteiger partial charge in [-0.2, -0.15) is 0 Å². The lowest BCUT2D eigenvalue weighted by atomic mass is 10.3. The third-order valence-electron chi connectivity index (χ3n) is 2.25. The smallest absolute Gasteiger partial charge is 0.150 e. The van der Waals surface area contributed by atoms with Gasteiger partial charge in [0.05, 0.1) is 7.11 Å². The molecule has 2 rings (SSSR count). The van der Waals surface area contributed by atoms with Crippen LogP contribution >= 0.6 is 11.8 Å². The summed E-state index contributed by atoms with van der Waals surface area (Å²) in [6.07, 6.45) is 4.08. The van der Waals surface area contributed by atoms with E-state index < -0.39 is 0 Å². The van der Waals surface area contributed by atoms with E-state index in [-0.39, 0.29) is 0 Å². The number of ether oxygens (including phenoxy) is 1. The van der Waals surface area contributed by atoms with Gasteiger partial charge in [0.1, 0.15) is 5.03 Å². The summed E-state index contributed by atoms with van der Waals surface area (Å²) in [6, 6.07) is 12.2. The maximum Gasteiger partial charge on any atom is 0.150 e. The molecule has 0 amide bonds. The molecule has 0 aliphatic heterocycles. The quantitative estimate of drug-likeness (QED) is 0.736. The van der Waals surface area contributed by atoms with Crippen LogP contribution < -0.4 is 4.74 Å². The van der Waals surface area contributed by atoms with Crippen LogP contribution in [0.2, 0.25) is 0 Å². The monoisotopic (exact) mass is 219 g/mol. The first-order chi connectivity index (χ1) is 7.36. The van der Waals surface area contributed by atoms with Gasteiger partial charge in [-0.25, -0.2) is 0 Å². The maximum atomic E-state index is 5.30. The van der Waals surface area contributed by atoms with Crippen molar-refractivity contribution in [3.8, 4) is 11.4 Å². The van der Waals surface area contributed by atoms with E-state index in [0.717, 1.165) is 16.5 Å². The summed E-state index contributed by atoms with van der Waals surface area (Å²) in [7, 11) is 1.70. The largest absolute Gasteiger partial charge is 0.494 e. The molecule has 0 fully saturated rings. The molecule has 0 saturated heterocycles. The van der Waals surface area contributed by atoms with Crippen LogP contribution in [0.25, 0.3) is 5.69 Å². The minimum absolute atomic E-state index is 0.923. The van der Waals surface area contributed by atoms with E-state index in [1.165, 1.54) is 0 Å². The van der Waals surface area contributed by atoms with Gasteiger partial charge in [0, 0.05) is 11.9 Å². The fraction of sp³-hybridized carbons (Fsp3) is 0.167. The van der Waals surface area contributed by atoms with Gasteiger partial charge in [-0.15, -0.1) is 11.8 Å². The second-order valence-corrected chi connectivity index (χ2v) is 3.89. The van der Waals surface area contributed by atoms with Crippen molar-refractivity contribution in [1.82, 2.24) is 4.57 Å². The first-order valence-electron chi connectivity index (χ1n) is 4.71. The van der Waals surface area contributed by atoms with Crippen molar-refractivity contribution in [2.45, 2.75) is 5.03 Å². The number of methoxy groups -OCH3 is 1. The molecule has 0 atom stereocenters. The lowest BCUT2D eigenvalue weighted by molar-refractivity contribution is 0.403. The van der Waals surface area contributed by atoms with Crippen molar-refractivity contribution >= 4 is 11.8 Å². The Bertz CT molecular complexity index is 436. The van der Waals surface area contributed by atoms with Gasteiger partial charge in [0.15, 0.2) is 5.75 Å². The molecule has 0 unspecified atom stereocenters. The first kappa shape index (κ1) is 10.2. The SMILES string of the molecule is COc1ccn(-c2ccccc2)c1SC. The molecule has 1 heterocycles. The Morgan fingerprint density at radius 2 is 1.87 bits per heavy atom. The number of hydrogen-bond acceptors (Lipinski definition) is 2. The second-order valence-electron chi connectivity index (χ2n) is 3.10. The molecule has 3 heteroatoms. The van der Waals surface area contributed by atoms with Crippen molar-refractivity contribution in [3.63, 3.8) is 0 Å². The lowest BCUT2D eigenvalue weighted by Gasteiger charge is -2.08. The predicted octanol–water partition coefficient (Wildman–Crippen LogP) is 3.21. The summed E-state index contributed by atoms with van der Waals surface area (Å²) in [5.41, 5.74) is 1.16. The van der Waals surface area contributed by atoms with Crippen LogP contribution in [0.4, 0.5) is 0 Å². The Balaban J connectivity index is 2.49. The van der Waals surface area contributed by atoms with Crippen LogP contribution in [-0.2, 0) is 0 Å². The molecule has 1 aromatic heterocycles. The molecule has 0 aliphatic rings. The van der Waals surface area contributed by atoms with E-state index in [1.54, 1.807) is 18.9 Å². The highest BCUT2D eigenvalue weighted by Crippen LogP contribution is 2.30. The minimum Gasteiger partial charge on any atom is -0.494 e. The fourth-order valence-corrected chi connectivity index (χ4v) is 2.26. The zero-order valence-corrected chi connectivity index (χ0v) is 9.62. The van der Waals surface area contributed by atoms with E-state index in [1.807, 2.05) is 30.5 Å². The van der Waals surface area contributed by atoms with Crippen molar-refractivity contribution in [1.29, 1.82) is 0 Å². The fourth-order valence-electron chi connectivity index (χ4n) is 1.55. The van der Waals surface area contributed by atoms with Crippen molar-refractivity contribution in [2.24, 2.45) is 0 Å². The zero-order valence-electron chi connectivity index (χ0n) is 8.81. The molecule has 0 radical (unpaired) electrons. The third-order valence-corrected chi connectivity index (χ3v) is 3.04. The minimum atomic E-state index is 0.923. The Kier molecular flexibility index (Phi) is 3.02. The number of aromatic nitrogens is 1. The van der Waals surface area contributed by atoms with Gasteiger partial charge in [-0.1, -0.05) is 18.2 Å². The van der Waals surface area contributed by atoms with E-state index in [4.69, 9.17) is 4.74 Å². The molecule has 15 heavy (non-hydrogen) atoms. The number of thioether (sulfide) groups is 1. The van der Waals surface area contributed by atoms with E-state index in [0.29, 0.717) is 0 Å². The van der Waals surface area contributed by atoms with Gasteiger partial charge in [-0.3, -0.25) is 0 Å². The molecule has 0 saturated carbocycles. The molecule has 0 bridgehead atoms. The van der Waals surface area contributed by atoms with Crippen molar-refractivity contribution in [2.75, 3.05) is 13.4 Å². The summed E-state index contributed by atoms with van der Waals surface area (Å²) >= 11 is 1.69. The third kappa shape index (κ3) is 1.88. The summed E-state index contributed by atoms with van der Waals surface area (Å²) in [4.78, 5) is 0. The summed E-state index contributed by atoms with van der Waals surface area (Å²) in [5, 5.41) is 1.13. The second kappa shape index (κ2) is 4.45. The molecule has 0 N–H and O–H groups in total. The highest BCUT2D eigenvalue weighted by atomic mass is 32.2. The van der Waals surface area contributed by atoms with Crippen LogP contribution in [0.15, 0.2) is 47.6 Å². The standard InChI is InChI=1S/C12H13NOS/c1-14-11-8-9-13(12(11)15-2)10-6-4-3-5-7-10/h3-9H,1-2H3. The van der Waals surface area contributed by atoms with Gasteiger partial charge >= 0.3 is 0 Å². The van der Waals surface area contributed by atoms with Crippen LogP contribution in [0.3, 0.4) is 0 Å².